The van der Waals surface area contributed by atoms with Gasteiger partial charge in [-0.2, -0.15) is 0 Å². The first-order valence-corrected chi connectivity index (χ1v) is 5.01. The van der Waals surface area contributed by atoms with Crippen molar-refractivity contribution >= 4 is 5.97 Å². The molecule has 1 aliphatic rings. The Labute approximate surface area is 89.1 Å². The Morgan fingerprint density at radius 1 is 1.60 bits per heavy atom. The van der Waals surface area contributed by atoms with E-state index in [1.807, 2.05) is 0 Å². The Morgan fingerprint density at radius 2 is 2.27 bits per heavy atom. The van der Waals surface area contributed by atoms with E-state index in [4.69, 9.17) is 14.6 Å². The third-order valence-electron chi connectivity index (χ3n) is 2.36. The van der Waals surface area contributed by atoms with Gasteiger partial charge in [-0.3, -0.25) is 4.79 Å². The molecule has 0 spiro atoms. The monoisotopic (exact) mass is 215 g/mol. The van der Waals surface area contributed by atoms with Gasteiger partial charge in [0.15, 0.2) is 0 Å². The fraction of sp³-hybridized carbons (Fsp3) is 0.700. The molecule has 0 unspecified atom stereocenters. The van der Waals surface area contributed by atoms with E-state index in [9.17, 15) is 4.79 Å². The Hall–Kier alpha value is -1.23. The summed E-state index contributed by atoms with van der Waals surface area (Å²) in [5, 5.41) is 11.2. The van der Waals surface area contributed by atoms with Crippen LogP contribution in [-0.2, 0) is 14.3 Å². The van der Waals surface area contributed by atoms with Crippen LogP contribution in [-0.4, -0.2) is 37.9 Å². The fourth-order valence-corrected chi connectivity index (χ4v) is 1.56. The van der Waals surface area contributed by atoms with Crippen molar-refractivity contribution in [2.45, 2.75) is 12.8 Å². The quantitative estimate of drug-likeness (QED) is 0.656. The van der Waals surface area contributed by atoms with Gasteiger partial charge in [-0.1, -0.05) is 0 Å². The molecule has 5 nitrogen and oxygen atoms in total. The van der Waals surface area contributed by atoms with Gasteiger partial charge in [0.25, 0.3) is 0 Å². The van der Waals surface area contributed by atoms with Gasteiger partial charge in [0, 0.05) is 25.3 Å². The van der Waals surface area contributed by atoms with E-state index in [1.54, 1.807) is 13.3 Å². The van der Waals surface area contributed by atoms with E-state index in [0.717, 1.165) is 31.8 Å². The van der Waals surface area contributed by atoms with Crippen LogP contribution in [0.1, 0.15) is 12.8 Å². The molecule has 5 heteroatoms. The number of ether oxygens (including phenoxy) is 2. The summed E-state index contributed by atoms with van der Waals surface area (Å²) in [6.45, 7) is 1.39. The van der Waals surface area contributed by atoms with Crippen LogP contribution in [0.3, 0.4) is 0 Å². The highest BCUT2D eigenvalue weighted by molar-refractivity contribution is 5.69. The lowest BCUT2D eigenvalue weighted by molar-refractivity contribution is -0.135. The predicted octanol–water partition coefficient (Wildman–Crippen LogP) is 0.575. The first kappa shape index (κ1) is 11.8. The Bertz CT molecular complexity index is 234. The lowest BCUT2D eigenvalue weighted by Crippen LogP contribution is -2.22. The van der Waals surface area contributed by atoms with Crippen molar-refractivity contribution in [3.05, 3.63) is 12.0 Å². The van der Waals surface area contributed by atoms with E-state index in [1.165, 1.54) is 0 Å². The maximum absolute atomic E-state index is 10.3. The van der Waals surface area contributed by atoms with Gasteiger partial charge in [0.2, 0.25) is 0 Å². The molecule has 1 fully saturated rings. The van der Waals surface area contributed by atoms with Crippen LogP contribution < -0.4 is 5.32 Å². The van der Waals surface area contributed by atoms with Crippen LogP contribution in [0.5, 0.6) is 0 Å². The fourth-order valence-electron chi connectivity index (χ4n) is 1.56. The first-order valence-electron chi connectivity index (χ1n) is 5.01. The number of nitrogens with one attached hydrogen (secondary N) is 1. The summed E-state index contributed by atoms with van der Waals surface area (Å²) in [4.78, 5) is 10.3. The molecule has 1 saturated heterocycles. The minimum Gasteiger partial charge on any atom is -0.499 e. The van der Waals surface area contributed by atoms with Crippen molar-refractivity contribution in [3.63, 3.8) is 0 Å². The molecule has 0 bridgehead atoms. The molecular weight excluding hydrogens is 198 g/mol. The smallest absolute Gasteiger partial charge is 0.322 e. The number of carbonyl (C=O) groups is 1. The number of aliphatic carboxylic acids is 1. The summed E-state index contributed by atoms with van der Waals surface area (Å²) in [6, 6.07) is 0. The highest BCUT2D eigenvalue weighted by Gasteiger charge is 2.18. The lowest BCUT2D eigenvalue weighted by Gasteiger charge is -2.23. The highest BCUT2D eigenvalue weighted by Crippen LogP contribution is 2.22. The van der Waals surface area contributed by atoms with Crippen LogP contribution in [0.25, 0.3) is 0 Å². The van der Waals surface area contributed by atoms with Crippen LogP contribution in [0.2, 0.25) is 0 Å². The van der Waals surface area contributed by atoms with Gasteiger partial charge in [-0.05, 0) is 12.8 Å². The largest absolute Gasteiger partial charge is 0.499 e. The van der Waals surface area contributed by atoms with Crippen LogP contribution in [0, 0.1) is 5.92 Å². The molecule has 1 rings (SSSR count). The molecule has 0 atom stereocenters. The number of carboxylic acid groups (broad SMARTS) is 1. The zero-order valence-electron chi connectivity index (χ0n) is 8.86. The van der Waals surface area contributed by atoms with Crippen LogP contribution in [0.15, 0.2) is 12.0 Å². The summed E-state index contributed by atoms with van der Waals surface area (Å²) in [6.07, 6.45) is 3.49. The number of allylic oxidation sites excluding steroid dienone is 1. The van der Waals surface area contributed by atoms with E-state index in [-0.39, 0.29) is 6.54 Å². The molecule has 0 saturated carbocycles. The number of carboxylic acids is 1. The summed E-state index contributed by atoms with van der Waals surface area (Å²) in [5.41, 5.74) is 0. The molecule has 0 radical (unpaired) electrons. The summed E-state index contributed by atoms with van der Waals surface area (Å²) in [7, 11) is 1.60. The minimum absolute atomic E-state index is 0.0872. The average molecular weight is 215 g/mol. The number of rotatable bonds is 5. The zero-order chi connectivity index (χ0) is 11.1. The van der Waals surface area contributed by atoms with E-state index >= 15 is 0 Å². The normalized spacial score (nSPS) is 18.6. The highest BCUT2D eigenvalue weighted by atomic mass is 16.5. The van der Waals surface area contributed by atoms with Gasteiger partial charge in [0.05, 0.1) is 7.11 Å². The van der Waals surface area contributed by atoms with Crippen molar-refractivity contribution in [2.24, 2.45) is 5.92 Å². The van der Waals surface area contributed by atoms with Crippen LogP contribution >= 0.6 is 0 Å². The molecular formula is C10H17NO4. The number of hydrogen-bond acceptors (Lipinski definition) is 4. The molecule has 0 aromatic carbocycles. The molecule has 0 aromatic rings. The van der Waals surface area contributed by atoms with E-state index < -0.39 is 5.97 Å². The molecule has 86 valence electrons. The van der Waals surface area contributed by atoms with Crippen molar-refractivity contribution in [1.29, 1.82) is 0 Å². The second-order valence-electron chi connectivity index (χ2n) is 3.41. The Kier molecular flexibility index (Phi) is 4.97. The third-order valence-corrected chi connectivity index (χ3v) is 2.36. The van der Waals surface area contributed by atoms with Gasteiger partial charge < -0.3 is 19.9 Å². The van der Waals surface area contributed by atoms with Gasteiger partial charge in [0.1, 0.15) is 12.3 Å². The molecule has 2 N–H and O–H groups in total. The van der Waals surface area contributed by atoms with Crippen molar-refractivity contribution in [1.82, 2.24) is 5.32 Å². The second-order valence-corrected chi connectivity index (χ2v) is 3.41. The summed E-state index contributed by atoms with van der Waals surface area (Å²) < 4.78 is 10.5. The second kappa shape index (κ2) is 6.29. The molecule has 0 aliphatic carbocycles. The maximum atomic E-state index is 10.3. The topological polar surface area (TPSA) is 67.8 Å². The predicted molar refractivity (Wildman–Crippen MR) is 54.3 cm³/mol. The zero-order valence-corrected chi connectivity index (χ0v) is 8.86. The SMILES string of the molecule is CO/C(=C\NCC(=O)O)C1CCOCC1. The van der Waals surface area contributed by atoms with Gasteiger partial charge in [-0.25, -0.2) is 0 Å². The van der Waals surface area contributed by atoms with Gasteiger partial charge >= 0.3 is 5.97 Å². The molecule has 1 aliphatic heterocycles. The number of hydrogen-bond donors (Lipinski definition) is 2. The maximum Gasteiger partial charge on any atom is 0.322 e. The Morgan fingerprint density at radius 3 is 2.80 bits per heavy atom. The first-order chi connectivity index (χ1) is 7.24. The van der Waals surface area contributed by atoms with Crippen molar-refractivity contribution in [2.75, 3.05) is 26.9 Å². The van der Waals surface area contributed by atoms with E-state index in [0.29, 0.717) is 5.92 Å². The van der Waals surface area contributed by atoms with Crippen molar-refractivity contribution in [3.8, 4) is 0 Å². The lowest BCUT2D eigenvalue weighted by atomic mass is 9.98. The third kappa shape index (κ3) is 4.20. The molecule has 15 heavy (non-hydrogen) atoms. The summed E-state index contributed by atoms with van der Waals surface area (Å²) >= 11 is 0. The minimum atomic E-state index is -0.881. The standard InChI is InChI=1S/C10H17NO4/c1-14-9(6-11-7-10(12)13)8-2-4-15-5-3-8/h6,8,11H,2-5,7H2,1H3,(H,12,13)/b9-6-. The van der Waals surface area contributed by atoms with E-state index in [2.05, 4.69) is 5.32 Å². The van der Waals surface area contributed by atoms with Crippen LogP contribution in [0.4, 0.5) is 0 Å². The molecule has 0 amide bonds. The molecule has 0 aromatic heterocycles. The van der Waals surface area contributed by atoms with Gasteiger partial charge in [-0.15, -0.1) is 0 Å². The van der Waals surface area contributed by atoms with Crippen molar-refractivity contribution < 1.29 is 19.4 Å². The molecule has 1 heterocycles. The Balaban J connectivity index is 2.41. The number of methoxy groups -OCH3 is 1. The summed E-state index contributed by atoms with van der Waals surface area (Å²) in [5.74, 6) is 0.262. The average Bonchev–Trinajstić information content (AvgIpc) is 2.25.